The van der Waals surface area contributed by atoms with Crippen molar-refractivity contribution in [1.29, 1.82) is 0 Å². The zero-order chi connectivity index (χ0) is 12.5. The lowest BCUT2D eigenvalue weighted by molar-refractivity contribution is -0.0913. The molecule has 0 aliphatic carbocycles. The van der Waals surface area contributed by atoms with Gasteiger partial charge in [-0.25, -0.2) is 4.39 Å². The SMILES string of the molecule is CCC(CN)C1(c2cc(Cl)ccc2F)COC1. The van der Waals surface area contributed by atoms with Crippen LogP contribution in [0.4, 0.5) is 4.39 Å². The number of ether oxygens (including phenoxy) is 1. The molecule has 1 aliphatic rings. The van der Waals surface area contributed by atoms with Crippen molar-refractivity contribution in [2.75, 3.05) is 19.8 Å². The lowest BCUT2D eigenvalue weighted by Crippen LogP contribution is -2.54. The van der Waals surface area contributed by atoms with Crippen molar-refractivity contribution in [2.45, 2.75) is 18.8 Å². The Kier molecular flexibility index (Phi) is 3.71. The molecule has 1 aromatic rings. The molecular formula is C13H17ClFNO. The number of hydrogen-bond donors (Lipinski definition) is 1. The van der Waals surface area contributed by atoms with Gasteiger partial charge in [0.05, 0.1) is 13.2 Å². The van der Waals surface area contributed by atoms with Gasteiger partial charge in [-0.2, -0.15) is 0 Å². The van der Waals surface area contributed by atoms with E-state index in [-0.39, 0.29) is 17.2 Å². The van der Waals surface area contributed by atoms with E-state index in [4.69, 9.17) is 22.1 Å². The monoisotopic (exact) mass is 257 g/mol. The molecule has 0 amide bonds. The predicted octanol–water partition coefficient (Wildman–Crippen LogP) is 2.73. The van der Waals surface area contributed by atoms with Crippen molar-refractivity contribution in [2.24, 2.45) is 11.7 Å². The molecule has 2 rings (SSSR count). The summed E-state index contributed by atoms with van der Waals surface area (Å²) in [4.78, 5) is 0. The molecule has 1 heterocycles. The number of nitrogens with two attached hydrogens (primary N) is 1. The fourth-order valence-electron chi connectivity index (χ4n) is 2.60. The molecule has 4 heteroatoms. The van der Waals surface area contributed by atoms with E-state index in [0.717, 1.165) is 6.42 Å². The largest absolute Gasteiger partial charge is 0.379 e. The molecule has 2 N–H and O–H groups in total. The van der Waals surface area contributed by atoms with E-state index in [2.05, 4.69) is 6.92 Å². The van der Waals surface area contributed by atoms with E-state index in [1.165, 1.54) is 6.07 Å². The second-order valence-electron chi connectivity index (χ2n) is 4.61. The Balaban J connectivity index is 2.43. The Morgan fingerprint density at radius 1 is 1.53 bits per heavy atom. The van der Waals surface area contributed by atoms with Gasteiger partial charge >= 0.3 is 0 Å². The highest BCUT2D eigenvalue weighted by molar-refractivity contribution is 6.30. The lowest BCUT2D eigenvalue weighted by Gasteiger charge is -2.47. The first-order valence-corrected chi connectivity index (χ1v) is 6.25. The van der Waals surface area contributed by atoms with Crippen molar-refractivity contribution >= 4 is 11.6 Å². The second kappa shape index (κ2) is 4.92. The third kappa shape index (κ3) is 2.07. The Hall–Kier alpha value is -0.640. The highest BCUT2D eigenvalue weighted by Crippen LogP contribution is 2.42. The Morgan fingerprint density at radius 2 is 2.24 bits per heavy atom. The van der Waals surface area contributed by atoms with Crippen LogP contribution in [0.1, 0.15) is 18.9 Å². The maximum Gasteiger partial charge on any atom is 0.127 e. The highest BCUT2D eigenvalue weighted by atomic mass is 35.5. The summed E-state index contributed by atoms with van der Waals surface area (Å²) < 4.78 is 19.3. The molecule has 1 fully saturated rings. The van der Waals surface area contributed by atoms with E-state index in [0.29, 0.717) is 30.3 Å². The molecule has 0 spiro atoms. The van der Waals surface area contributed by atoms with Gasteiger partial charge in [0.15, 0.2) is 0 Å². The highest BCUT2D eigenvalue weighted by Gasteiger charge is 2.47. The summed E-state index contributed by atoms with van der Waals surface area (Å²) in [7, 11) is 0. The van der Waals surface area contributed by atoms with Gasteiger partial charge in [0, 0.05) is 16.0 Å². The molecular weight excluding hydrogens is 241 g/mol. The van der Waals surface area contributed by atoms with E-state index in [1.807, 2.05) is 0 Å². The van der Waals surface area contributed by atoms with Crippen LogP contribution in [0.3, 0.4) is 0 Å². The number of rotatable bonds is 4. The summed E-state index contributed by atoms with van der Waals surface area (Å²) in [6, 6.07) is 4.69. The average molecular weight is 258 g/mol. The van der Waals surface area contributed by atoms with Crippen molar-refractivity contribution in [3.63, 3.8) is 0 Å². The van der Waals surface area contributed by atoms with Crippen molar-refractivity contribution in [1.82, 2.24) is 0 Å². The average Bonchev–Trinajstić information content (AvgIpc) is 2.27. The molecule has 1 saturated heterocycles. The van der Waals surface area contributed by atoms with Crippen LogP contribution >= 0.6 is 11.6 Å². The summed E-state index contributed by atoms with van der Waals surface area (Å²) in [5.74, 6) is 0.00816. The minimum Gasteiger partial charge on any atom is -0.379 e. The molecule has 17 heavy (non-hydrogen) atoms. The third-order valence-electron chi connectivity index (χ3n) is 3.74. The van der Waals surface area contributed by atoms with Crippen molar-refractivity contribution in [3.05, 3.63) is 34.6 Å². The fourth-order valence-corrected chi connectivity index (χ4v) is 2.77. The molecule has 0 saturated carbocycles. The molecule has 1 aliphatic heterocycles. The van der Waals surface area contributed by atoms with Gasteiger partial charge in [0.1, 0.15) is 5.82 Å². The standard InChI is InChI=1S/C13H17ClFNO/c1-2-9(6-16)13(7-17-8-13)11-5-10(14)3-4-12(11)15/h3-5,9H,2,6-8,16H2,1H3. The Labute approximate surface area is 106 Å². The van der Waals surface area contributed by atoms with Crippen LogP contribution in [0, 0.1) is 11.7 Å². The molecule has 1 unspecified atom stereocenters. The van der Waals surface area contributed by atoms with Gasteiger partial charge in [-0.3, -0.25) is 0 Å². The van der Waals surface area contributed by atoms with Gasteiger partial charge in [0.2, 0.25) is 0 Å². The maximum absolute atomic E-state index is 14.0. The zero-order valence-corrected chi connectivity index (χ0v) is 10.6. The normalized spacial score (nSPS) is 19.8. The van der Waals surface area contributed by atoms with Crippen LogP contribution in [0.2, 0.25) is 5.02 Å². The third-order valence-corrected chi connectivity index (χ3v) is 3.98. The summed E-state index contributed by atoms with van der Waals surface area (Å²) in [5, 5.41) is 0.555. The molecule has 0 radical (unpaired) electrons. The van der Waals surface area contributed by atoms with Gasteiger partial charge in [-0.05, 0) is 30.7 Å². The Bertz CT molecular complexity index is 402. The van der Waals surface area contributed by atoms with Crippen LogP contribution in [-0.4, -0.2) is 19.8 Å². The molecule has 1 aromatic carbocycles. The van der Waals surface area contributed by atoms with E-state index < -0.39 is 0 Å². The maximum atomic E-state index is 14.0. The summed E-state index contributed by atoms with van der Waals surface area (Å²) in [6.45, 7) is 3.66. The Morgan fingerprint density at radius 3 is 2.71 bits per heavy atom. The predicted molar refractivity (Wildman–Crippen MR) is 66.7 cm³/mol. The van der Waals surface area contributed by atoms with Gasteiger partial charge in [0.25, 0.3) is 0 Å². The fraction of sp³-hybridized carbons (Fsp3) is 0.538. The van der Waals surface area contributed by atoms with Crippen molar-refractivity contribution < 1.29 is 9.13 Å². The lowest BCUT2D eigenvalue weighted by atomic mass is 9.67. The molecule has 94 valence electrons. The second-order valence-corrected chi connectivity index (χ2v) is 5.05. The molecule has 0 aromatic heterocycles. The smallest absolute Gasteiger partial charge is 0.127 e. The summed E-state index contributed by atoms with van der Waals surface area (Å²) in [6.07, 6.45) is 0.909. The topological polar surface area (TPSA) is 35.2 Å². The van der Waals surface area contributed by atoms with Crippen LogP contribution in [0.25, 0.3) is 0 Å². The van der Waals surface area contributed by atoms with Crippen LogP contribution in [0.5, 0.6) is 0 Å². The van der Waals surface area contributed by atoms with E-state index in [1.54, 1.807) is 12.1 Å². The first-order chi connectivity index (χ1) is 8.14. The minimum atomic E-state index is -0.293. The summed E-state index contributed by atoms with van der Waals surface area (Å²) in [5.41, 5.74) is 6.15. The number of halogens is 2. The minimum absolute atomic E-state index is 0.218. The summed E-state index contributed by atoms with van der Waals surface area (Å²) >= 11 is 5.96. The van der Waals surface area contributed by atoms with Crippen LogP contribution in [0.15, 0.2) is 18.2 Å². The molecule has 1 atom stereocenters. The zero-order valence-electron chi connectivity index (χ0n) is 9.88. The first kappa shape index (κ1) is 12.8. The van der Waals surface area contributed by atoms with Gasteiger partial charge in [-0.1, -0.05) is 24.9 Å². The van der Waals surface area contributed by atoms with Crippen LogP contribution in [-0.2, 0) is 10.2 Å². The number of hydrogen-bond acceptors (Lipinski definition) is 2. The first-order valence-electron chi connectivity index (χ1n) is 5.87. The van der Waals surface area contributed by atoms with Crippen LogP contribution < -0.4 is 5.73 Å². The molecule has 2 nitrogen and oxygen atoms in total. The quantitative estimate of drug-likeness (QED) is 0.900. The van der Waals surface area contributed by atoms with Crippen molar-refractivity contribution in [3.8, 4) is 0 Å². The van der Waals surface area contributed by atoms with Gasteiger partial charge in [-0.15, -0.1) is 0 Å². The van der Waals surface area contributed by atoms with E-state index in [9.17, 15) is 4.39 Å². The number of benzene rings is 1. The molecule has 0 bridgehead atoms. The van der Waals surface area contributed by atoms with Gasteiger partial charge < -0.3 is 10.5 Å². The van der Waals surface area contributed by atoms with E-state index >= 15 is 0 Å².